The van der Waals surface area contributed by atoms with Gasteiger partial charge in [0.15, 0.2) is 0 Å². The number of thiol groups is 1. The maximum Gasteiger partial charge on any atom is 1.00 e. The van der Waals surface area contributed by atoms with Gasteiger partial charge in [-0.15, -0.1) is 0 Å². The summed E-state index contributed by atoms with van der Waals surface area (Å²) in [6, 6.07) is 0. The molecule has 1 nitrogen and oxygen atoms in total. The van der Waals surface area contributed by atoms with E-state index in [2.05, 4.69) is 31.8 Å². The maximum atomic E-state index is 5.08. The summed E-state index contributed by atoms with van der Waals surface area (Å²) in [5.74, 6) is 0. The van der Waals surface area contributed by atoms with Crippen molar-refractivity contribution in [1.29, 1.82) is 0 Å². The normalized spacial score (nSPS) is 9.47. The van der Waals surface area contributed by atoms with Crippen LogP contribution in [0.1, 0.15) is 59.7 Å². The zero-order valence-corrected chi connectivity index (χ0v) is 13.8. The Hall–Kier alpha value is 1.24. The first-order valence-corrected chi connectivity index (χ1v) is 6.48. The molecule has 0 aliphatic carbocycles. The van der Waals surface area contributed by atoms with E-state index >= 15 is 0 Å². The van der Waals surface area contributed by atoms with Crippen molar-refractivity contribution in [2.75, 3.05) is 6.61 Å². The number of hydrogen-bond donors (Lipinski definition) is 1. The van der Waals surface area contributed by atoms with Crippen LogP contribution in [0.3, 0.4) is 0 Å². The second-order valence-electron chi connectivity index (χ2n) is 3.59. The van der Waals surface area contributed by atoms with Gasteiger partial charge in [-0.25, -0.2) is 0 Å². The summed E-state index contributed by atoms with van der Waals surface area (Å²) >= 11 is 8.58. The molecule has 0 heterocycles. The summed E-state index contributed by atoms with van der Waals surface area (Å²) in [6.07, 6.45) is 10.5. The number of hydrogen-bond acceptors (Lipinski definition) is 2. The fourth-order valence-corrected chi connectivity index (χ4v) is 1.57. The molecule has 0 aromatic rings. The molecule has 0 aromatic carbocycles. The van der Waals surface area contributed by atoms with Crippen molar-refractivity contribution in [3.05, 3.63) is 0 Å². The molecule has 0 aromatic heterocycles. The summed E-state index contributed by atoms with van der Waals surface area (Å²) in [4.78, 5) is 0. The zero-order valence-electron chi connectivity index (χ0n) is 11.1. The van der Waals surface area contributed by atoms with E-state index in [0.717, 1.165) is 13.0 Å². The monoisotopic (exact) mass is 258 g/mol. The first kappa shape index (κ1) is 18.6. The van der Waals surface area contributed by atoms with Gasteiger partial charge in [-0.05, 0) is 18.6 Å². The molecule has 0 N–H and O–H groups in total. The Bertz CT molecular complexity index is 148. The minimum absolute atomic E-state index is 0. The summed E-state index contributed by atoms with van der Waals surface area (Å²) in [5, 5.41) is 0. The van der Waals surface area contributed by atoms with Crippen molar-refractivity contribution in [1.82, 2.24) is 0 Å². The molecule has 0 aliphatic heterocycles. The largest absolute Gasteiger partial charge is 1.00 e. The van der Waals surface area contributed by atoms with Gasteiger partial charge in [0.2, 0.25) is 4.38 Å². The Kier molecular flexibility index (Phi) is 18.9. The SMILES string of the molecule is CCCCCCCCCCOC(=S)S.[H-].[Na+]. The van der Waals surface area contributed by atoms with Crippen LogP contribution in [-0.2, 0) is 4.74 Å². The number of thiocarbonyl (C=S) groups is 1. The second kappa shape index (κ2) is 15.2. The predicted octanol–water partition coefficient (Wildman–Crippen LogP) is 1.47. The van der Waals surface area contributed by atoms with Crippen molar-refractivity contribution < 1.29 is 35.7 Å². The molecule has 4 heteroatoms. The van der Waals surface area contributed by atoms with Crippen molar-refractivity contribution >= 4 is 29.2 Å². The molecule has 15 heavy (non-hydrogen) atoms. The number of rotatable bonds is 9. The van der Waals surface area contributed by atoms with Gasteiger partial charge in [0, 0.05) is 0 Å². The van der Waals surface area contributed by atoms with E-state index in [9.17, 15) is 0 Å². The van der Waals surface area contributed by atoms with Gasteiger partial charge in [0.25, 0.3) is 0 Å². The smallest absolute Gasteiger partial charge is 1.00 e. The van der Waals surface area contributed by atoms with E-state index in [-0.39, 0.29) is 31.0 Å². The Morgan fingerprint density at radius 3 is 2.00 bits per heavy atom. The number of ether oxygens (including phenoxy) is 1. The molecular formula is C11H23NaOS2. The second-order valence-corrected chi connectivity index (χ2v) is 4.67. The third-order valence-electron chi connectivity index (χ3n) is 2.22. The zero-order chi connectivity index (χ0) is 10.6. The van der Waals surface area contributed by atoms with Gasteiger partial charge in [-0.2, -0.15) is 0 Å². The van der Waals surface area contributed by atoms with Gasteiger partial charge < -0.3 is 6.16 Å². The van der Waals surface area contributed by atoms with E-state index in [1.54, 1.807) is 0 Å². The molecular weight excluding hydrogens is 235 g/mol. The molecule has 0 amide bonds. The van der Waals surface area contributed by atoms with Gasteiger partial charge in [0.1, 0.15) is 0 Å². The van der Waals surface area contributed by atoms with Crippen LogP contribution < -0.4 is 29.6 Å². The van der Waals surface area contributed by atoms with Gasteiger partial charge in [-0.3, -0.25) is 0 Å². The topological polar surface area (TPSA) is 9.23 Å². The molecule has 0 saturated carbocycles. The van der Waals surface area contributed by atoms with Gasteiger partial charge in [0.05, 0.1) is 6.61 Å². The maximum absolute atomic E-state index is 5.08. The summed E-state index contributed by atoms with van der Waals surface area (Å²) in [7, 11) is 0. The quantitative estimate of drug-likeness (QED) is 0.290. The molecule has 86 valence electrons. The van der Waals surface area contributed by atoms with Crippen LogP contribution in [0.4, 0.5) is 0 Å². The van der Waals surface area contributed by atoms with Crippen molar-refractivity contribution in [3.8, 4) is 0 Å². The van der Waals surface area contributed by atoms with Crippen LogP contribution in [-0.4, -0.2) is 11.0 Å². The van der Waals surface area contributed by atoms with Crippen molar-refractivity contribution in [3.63, 3.8) is 0 Å². The summed E-state index contributed by atoms with van der Waals surface area (Å²) in [6.45, 7) is 2.98. The fraction of sp³-hybridized carbons (Fsp3) is 0.909. The van der Waals surface area contributed by atoms with Crippen LogP contribution in [0.25, 0.3) is 0 Å². The molecule has 0 atom stereocenters. The minimum atomic E-state index is 0. The fourth-order valence-electron chi connectivity index (χ4n) is 1.40. The van der Waals surface area contributed by atoms with Crippen LogP contribution in [0, 0.1) is 0 Å². The number of unbranched alkanes of at least 4 members (excludes halogenated alkanes) is 7. The molecule has 0 rings (SSSR count). The molecule has 0 unspecified atom stereocenters. The van der Waals surface area contributed by atoms with Crippen LogP contribution in [0.5, 0.6) is 0 Å². The van der Waals surface area contributed by atoms with Crippen LogP contribution in [0.15, 0.2) is 0 Å². The average molecular weight is 258 g/mol. The standard InChI is InChI=1S/C11H22OS2.Na.H/c1-2-3-4-5-6-7-8-9-10-12-11(13)14;;/h2-10H2,1H3,(H,13,14);;/q;+1;-1. The van der Waals surface area contributed by atoms with Crippen molar-refractivity contribution in [2.24, 2.45) is 0 Å². The van der Waals surface area contributed by atoms with E-state index in [1.165, 1.54) is 44.9 Å². The minimum Gasteiger partial charge on any atom is -1.00 e. The third-order valence-corrected chi connectivity index (χ3v) is 2.47. The Balaban J connectivity index is -0.000000845. The van der Waals surface area contributed by atoms with Crippen LogP contribution in [0.2, 0.25) is 0 Å². The van der Waals surface area contributed by atoms with Gasteiger partial charge in [-0.1, -0.05) is 64.5 Å². The van der Waals surface area contributed by atoms with Crippen molar-refractivity contribution in [2.45, 2.75) is 58.3 Å². The van der Waals surface area contributed by atoms with E-state index in [1.807, 2.05) is 0 Å². The first-order chi connectivity index (χ1) is 6.77. The first-order valence-electron chi connectivity index (χ1n) is 5.63. The predicted molar refractivity (Wildman–Crippen MR) is 71.3 cm³/mol. The van der Waals surface area contributed by atoms with E-state index < -0.39 is 0 Å². The van der Waals surface area contributed by atoms with Gasteiger partial charge >= 0.3 is 29.6 Å². The third kappa shape index (κ3) is 17.8. The summed E-state index contributed by atoms with van der Waals surface area (Å²) < 4.78 is 5.45. The molecule has 0 bridgehead atoms. The molecule has 0 fully saturated rings. The Morgan fingerprint density at radius 1 is 1.07 bits per heavy atom. The Labute approximate surface area is 129 Å². The van der Waals surface area contributed by atoms with E-state index in [0.29, 0.717) is 4.38 Å². The molecule has 0 radical (unpaired) electrons. The average Bonchev–Trinajstić information content (AvgIpc) is 2.15. The molecule has 0 spiro atoms. The Morgan fingerprint density at radius 2 is 1.53 bits per heavy atom. The summed E-state index contributed by atoms with van der Waals surface area (Å²) in [5.41, 5.74) is 0. The molecule has 0 aliphatic rings. The van der Waals surface area contributed by atoms with Crippen LogP contribution >= 0.6 is 24.8 Å². The molecule has 0 saturated heterocycles. The van der Waals surface area contributed by atoms with E-state index in [4.69, 9.17) is 4.74 Å².